The van der Waals surface area contributed by atoms with E-state index in [1.165, 1.54) is 19.3 Å². The molecule has 8 nitrogen and oxygen atoms in total. The van der Waals surface area contributed by atoms with Gasteiger partial charge in [-0.05, 0) is 12.8 Å². The molecule has 2 fully saturated rings. The fraction of sp³-hybridized carbons (Fsp3) is 0.562. The van der Waals surface area contributed by atoms with Gasteiger partial charge in [-0.2, -0.15) is 0 Å². The average Bonchev–Trinajstić information content (AvgIpc) is 3.40. The Kier molecular flexibility index (Phi) is 4.46. The second kappa shape index (κ2) is 6.54. The number of carbonyl (C=O) groups excluding carboxylic acids is 3. The molecule has 1 atom stereocenters. The Morgan fingerprint density at radius 1 is 1.08 bits per heavy atom. The van der Waals surface area contributed by atoms with E-state index in [1.807, 2.05) is 0 Å². The Morgan fingerprint density at radius 2 is 1.67 bits per heavy atom. The van der Waals surface area contributed by atoms with Crippen LogP contribution in [0.5, 0.6) is 0 Å². The molecule has 8 heteroatoms. The van der Waals surface area contributed by atoms with Crippen LogP contribution < -0.4 is 5.73 Å². The maximum Gasteiger partial charge on any atom is 0.257 e. The molecule has 0 aromatic carbocycles. The van der Waals surface area contributed by atoms with Crippen molar-refractivity contribution in [3.63, 3.8) is 0 Å². The van der Waals surface area contributed by atoms with Crippen LogP contribution in [0.3, 0.4) is 0 Å². The summed E-state index contributed by atoms with van der Waals surface area (Å²) in [6, 6.07) is 0. The van der Waals surface area contributed by atoms with Gasteiger partial charge in [0, 0.05) is 51.4 Å². The summed E-state index contributed by atoms with van der Waals surface area (Å²) >= 11 is 0. The Balaban J connectivity index is 1.74. The molecule has 1 saturated heterocycles. The Labute approximate surface area is 140 Å². The van der Waals surface area contributed by atoms with Gasteiger partial charge in [0.25, 0.3) is 5.91 Å². The second-order valence-electron chi connectivity index (χ2n) is 6.42. The standard InChI is InChI=1S/C16H21N5O3/c1-10(22)20-4-5-21(9-13(8-20)14(17)23)16(24)12-6-18-15(19-7-12)11-2-3-11/h6-7,11,13H,2-5,8-9H2,1H3,(H2,17,23). The summed E-state index contributed by atoms with van der Waals surface area (Å²) < 4.78 is 0. The fourth-order valence-electron chi connectivity index (χ4n) is 2.85. The van der Waals surface area contributed by atoms with Gasteiger partial charge < -0.3 is 15.5 Å². The van der Waals surface area contributed by atoms with Crippen molar-refractivity contribution in [1.29, 1.82) is 0 Å². The molecule has 2 heterocycles. The SMILES string of the molecule is CC(=O)N1CCN(C(=O)c2cnc(C3CC3)nc2)CC(C(N)=O)C1. The maximum absolute atomic E-state index is 12.7. The first kappa shape index (κ1) is 16.4. The van der Waals surface area contributed by atoms with Crippen LogP contribution in [0.15, 0.2) is 12.4 Å². The lowest BCUT2D eigenvalue weighted by Gasteiger charge is -2.22. The Hall–Kier alpha value is -2.51. The molecule has 1 saturated carbocycles. The molecule has 0 spiro atoms. The van der Waals surface area contributed by atoms with Gasteiger partial charge in [0.2, 0.25) is 11.8 Å². The summed E-state index contributed by atoms with van der Waals surface area (Å²) in [7, 11) is 0. The van der Waals surface area contributed by atoms with E-state index in [2.05, 4.69) is 9.97 Å². The molecule has 1 aliphatic carbocycles. The number of amides is 3. The van der Waals surface area contributed by atoms with Gasteiger partial charge in [0.1, 0.15) is 5.82 Å². The summed E-state index contributed by atoms with van der Waals surface area (Å²) in [6.07, 6.45) is 5.27. The summed E-state index contributed by atoms with van der Waals surface area (Å²) in [4.78, 5) is 47.6. The molecule has 0 radical (unpaired) electrons. The number of hydrogen-bond donors (Lipinski definition) is 1. The van der Waals surface area contributed by atoms with Crippen LogP contribution >= 0.6 is 0 Å². The van der Waals surface area contributed by atoms with Crippen LogP contribution in [0, 0.1) is 5.92 Å². The first-order chi connectivity index (χ1) is 11.5. The molecule has 3 amide bonds. The maximum atomic E-state index is 12.7. The van der Waals surface area contributed by atoms with E-state index in [0.717, 1.165) is 18.7 Å². The zero-order valence-corrected chi connectivity index (χ0v) is 13.6. The minimum absolute atomic E-state index is 0.132. The van der Waals surface area contributed by atoms with Gasteiger partial charge in [0.15, 0.2) is 0 Å². The number of rotatable bonds is 3. The number of aromatic nitrogens is 2. The second-order valence-corrected chi connectivity index (χ2v) is 6.42. The van der Waals surface area contributed by atoms with Crippen molar-refractivity contribution in [3.05, 3.63) is 23.8 Å². The van der Waals surface area contributed by atoms with Gasteiger partial charge in [-0.1, -0.05) is 0 Å². The molecule has 128 valence electrons. The molecular formula is C16H21N5O3. The van der Waals surface area contributed by atoms with Crippen LogP contribution in [0.2, 0.25) is 0 Å². The summed E-state index contributed by atoms with van der Waals surface area (Å²) in [6.45, 7) is 2.62. The predicted molar refractivity (Wildman–Crippen MR) is 84.8 cm³/mol. The zero-order chi connectivity index (χ0) is 17.3. The topological polar surface area (TPSA) is 109 Å². The van der Waals surface area contributed by atoms with Gasteiger partial charge in [-0.15, -0.1) is 0 Å². The number of nitrogens with two attached hydrogens (primary N) is 1. The number of hydrogen-bond acceptors (Lipinski definition) is 5. The highest BCUT2D eigenvalue weighted by molar-refractivity contribution is 5.94. The molecule has 1 aromatic rings. The summed E-state index contributed by atoms with van der Waals surface area (Å²) in [5.74, 6) is -0.258. The fourth-order valence-corrected chi connectivity index (χ4v) is 2.85. The third-order valence-electron chi connectivity index (χ3n) is 4.52. The van der Waals surface area contributed by atoms with Crippen LogP contribution in [0.1, 0.15) is 41.9 Å². The average molecular weight is 331 g/mol. The smallest absolute Gasteiger partial charge is 0.257 e. The number of nitrogens with zero attached hydrogens (tertiary/aromatic N) is 4. The minimum Gasteiger partial charge on any atom is -0.369 e. The highest BCUT2D eigenvalue weighted by atomic mass is 16.2. The van der Waals surface area contributed by atoms with E-state index in [9.17, 15) is 14.4 Å². The molecule has 2 N–H and O–H groups in total. The Bertz CT molecular complexity index is 656. The predicted octanol–water partition coefficient (Wildman–Crippen LogP) is -0.240. The van der Waals surface area contributed by atoms with Crippen molar-refractivity contribution in [2.45, 2.75) is 25.7 Å². The monoisotopic (exact) mass is 331 g/mol. The van der Waals surface area contributed by atoms with E-state index in [1.54, 1.807) is 9.80 Å². The normalized spacial score (nSPS) is 21.3. The highest BCUT2D eigenvalue weighted by Crippen LogP contribution is 2.37. The first-order valence-electron chi connectivity index (χ1n) is 8.11. The van der Waals surface area contributed by atoms with Gasteiger partial charge in [-0.3, -0.25) is 14.4 Å². The van der Waals surface area contributed by atoms with E-state index < -0.39 is 11.8 Å². The third kappa shape index (κ3) is 3.52. The van der Waals surface area contributed by atoms with E-state index in [0.29, 0.717) is 24.6 Å². The lowest BCUT2D eigenvalue weighted by atomic mass is 10.1. The molecule has 24 heavy (non-hydrogen) atoms. The molecule has 2 aliphatic rings. The molecule has 1 aromatic heterocycles. The lowest BCUT2D eigenvalue weighted by Crippen LogP contribution is -2.41. The largest absolute Gasteiger partial charge is 0.369 e. The van der Waals surface area contributed by atoms with Crippen molar-refractivity contribution in [2.24, 2.45) is 11.7 Å². The van der Waals surface area contributed by atoms with E-state index >= 15 is 0 Å². The third-order valence-corrected chi connectivity index (χ3v) is 4.52. The Morgan fingerprint density at radius 3 is 2.21 bits per heavy atom. The minimum atomic E-state index is -0.577. The molecule has 1 unspecified atom stereocenters. The van der Waals surface area contributed by atoms with Crippen LogP contribution in [0.25, 0.3) is 0 Å². The van der Waals surface area contributed by atoms with Crippen molar-refractivity contribution >= 4 is 17.7 Å². The summed E-state index contributed by atoms with van der Waals surface area (Å²) in [5, 5.41) is 0. The van der Waals surface area contributed by atoms with Crippen LogP contribution in [-0.4, -0.2) is 63.7 Å². The van der Waals surface area contributed by atoms with Crippen LogP contribution in [-0.2, 0) is 9.59 Å². The highest BCUT2D eigenvalue weighted by Gasteiger charge is 2.31. The van der Waals surface area contributed by atoms with Crippen molar-refractivity contribution in [3.8, 4) is 0 Å². The van der Waals surface area contributed by atoms with Gasteiger partial charge in [0.05, 0.1) is 11.5 Å². The molecule has 1 aliphatic heterocycles. The van der Waals surface area contributed by atoms with Crippen molar-refractivity contribution in [1.82, 2.24) is 19.8 Å². The van der Waals surface area contributed by atoms with Gasteiger partial charge >= 0.3 is 0 Å². The van der Waals surface area contributed by atoms with E-state index in [-0.39, 0.29) is 24.9 Å². The van der Waals surface area contributed by atoms with Crippen molar-refractivity contribution in [2.75, 3.05) is 26.2 Å². The molecule has 0 bridgehead atoms. The lowest BCUT2D eigenvalue weighted by molar-refractivity contribution is -0.130. The number of carbonyl (C=O) groups is 3. The number of primary amides is 1. The van der Waals surface area contributed by atoms with Gasteiger partial charge in [-0.25, -0.2) is 9.97 Å². The molecular weight excluding hydrogens is 310 g/mol. The molecule has 3 rings (SSSR count). The zero-order valence-electron chi connectivity index (χ0n) is 13.6. The van der Waals surface area contributed by atoms with Crippen LogP contribution in [0.4, 0.5) is 0 Å². The quantitative estimate of drug-likeness (QED) is 0.822. The first-order valence-corrected chi connectivity index (χ1v) is 8.11. The summed E-state index contributed by atoms with van der Waals surface area (Å²) in [5.41, 5.74) is 5.81. The van der Waals surface area contributed by atoms with E-state index in [4.69, 9.17) is 5.73 Å². The van der Waals surface area contributed by atoms with Crippen molar-refractivity contribution < 1.29 is 14.4 Å².